The van der Waals surface area contributed by atoms with Gasteiger partial charge in [0.15, 0.2) is 0 Å². The van der Waals surface area contributed by atoms with Gasteiger partial charge in [-0.15, -0.1) is 0 Å². The van der Waals surface area contributed by atoms with Crippen LogP contribution < -0.4 is 10.5 Å². The van der Waals surface area contributed by atoms with E-state index >= 15 is 0 Å². The lowest BCUT2D eigenvalue weighted by Crippen LogP contribution is -2.64. The minimum atomic E-state index is -0.929. The number of carboxylic acid groups (broad SMARTS) is 1. The molecule has 1 heterocycles. The number of carbonyl (C=O) groups is 1. The molecule has 0 saturated carbocycles. The molecule has 1 amide bonds. The van der Waals surface area contributed by atoms with Crippen molar-refractivity contribution in [2.24, 2.45) is 5.41 Å². The predicted molar refractivity (Wildman–Crippen MR) is 91.8 cm³/mol. The van der Waals surface area contributed by atoms with E-state index in [9.17, 15) is 15.2 Å². The highest BCUT2D eigenvalue weighted by Gasteiger charge is 2.51. The Hall–Kier alpha value is -2.42. The molecule has 130 valence electrons. The molecular formula is C18H25N3O3. The second-order valence-electron chi connectivity index (χ2n) is 7.29. The molecule has 1 unspecified atom stereocenters. The highest BCUT2D eigenvalue weighted by molar-refractivity contribution is 5.67. The summed E-state index contributed by atoms with van der Waals surface area (Å²) in [6.45, 7) is 6.78. The monoisotopic (exact) mass is 331 g/mol. The third-order valence-electron chi connectivity index (χ3n) is 5.00. The van der Waals surface area contributed by atoms with E-state index in [2.05, 4.69) is 6.07 Å². The number of nitrogens with two attached hydrogens (primary N) is 1. The topological polar surface area (TPSA) is 99.6 Å². The van der Waals surface area contributed by atoms with Crippen LogP contribution in [0.1, 0.15) is 45.6 Å². The van der Waals surface area contributed by atoms with E-state index in [0.717, 1.165) is 19.3 Å². The normalized spacial score (nSPS) is 21.2. The Labute approximate surface area is 142 Å². The number of nitriles is 1. The van der Waals surface area contributed by atoms with E-state index in [-0.39, 0.29) is 12.0 Å². The van der Waals surface area contributed by atoms with Gasteiger partial charge in [-0.2, -0.15) is 5.26 Å². The summed E-state index contributed by atoms with van der Waals surface area (Å²) in [6, 6.07) is 7.13. The van der Waals surface area contributed by atoms with Crippen LogP contribution in [0.5, 0.6) is 5.75 Å². The molecule has 0 aliphatic carbocycles. The van der Waals surface area contributed by atoms with Crippen molar-refractivity contribution in [1.82, 2.24) is 4.90 Å². The van der Waals surface area contributed by atoms with Crippen LogP contribution in [0, 0.1) is 16.7 Å². The first-order valence-corrected chi connectivity index (χ1v) is 8.15. The minimum absolute atomic E-state index is 0.195. The summed E-state index contributed by atoms with van der Waals surface area (Å²) in [6.07, 6.45) is 1.60. The summed E-state index contributed by atoms with van der Waals surface area (Å²) in [5.41, 5.74) is 5.53. The highest BCUT2D eigenvalue weighted by atomic mass is 16.5. The molecule has 0 bridgehead atoms. The Kier molecular flexibility index (Phi) is 4.93. The number of ether oxygens (including phenoxy) is 1. The van der Waals surface area contributed by atoms with Crippen molar-refractivity contribution in [3.8, 4) is 11.8 Å². The summed E-state index contributed by atoms with van der Waals surface area (Å²) in [5, 5.41) is 19.0. The zero-order chi connectivity index (χ0) is 18.0. The number of likely N-dealkylation sites (tertiary alicyclic amines) is 1. The average molecular weight is 331 g/mol. The quantitative estimate of drug-likeness (QED) is 0.826. The van der Waals surface area contributed by atoms with Gasteiger partial charge in [-0.25, -0.2) is 4.79 Å². The average Bonchev–Trinajstić information content (AvgIpc) is 2.52. The van der Waals surface area contributed by atoms with Gasteiger partial charge in [0.1, 0.15) is 24.0 Å². The van der Waals surface area contributed by atoms with Crippen LogP contribution in [-0.4, -0.2) is 34.8 Å². The van der Waals surface area contributed by atoms with Crippen molar-refractivity contribution >= 4 is 11.8 Å². The van der Waals surface area contributed by atoms with Gasteiger partial charge in [0.05, 0.1) is 11.2 Å². The Balaban J connectivity index is 2.36. The number of nitrogen functional groups attached to an aromatic ring is 1. The summed E-state index contributed by atoms with van der Waals surface area (Å²) in [7, 11) is 0. The summed E-state index contributed by atoms with van der Waals surface area (Å²) in [4.78, 5) is 13.3. The fraction of sp³-hybridized carbons (Fsp3) is 0.556. The number of hydrogen-bond acceptors (Lipinski definition) is 4. The Morgan fingerprint density at radius 3 is 2.75 bits per heavy atom. The summed E-state index contributed by atoms with van der Waals surface area (Å²) < 4.78 is 5.95. The van der Waals surface area contributed by atoms with E-state index in [4.69, 9.17) is 10.5 Å². The Morgan fingerprint density at radius 2 is 2.17 bits per heavy atom. The van der Waals surface area contributed by atoms with E-state index < -0.39 is 11.6 Å². The lowest BCUT2D eigenvalue weighted by Gasteiger charge is -2.53. The van der Waals surface area contributed by atoms with E-state index in [1.807, 2.05) is 20.8 Å². The summed E-state index contributed by atoms with van der Waals surface area (Å²) >= 11 is 0. The van der Waals surface area contributed by atoms with Crippen molar-refractivity contribution in [3.63, 3.8) is 0 Å². The molecule has 2 rings (SSSR count). The molecule has 1 saturated heterocycles. The molecular weight excluding hydrogens is 306 g/mol. The zero-order valence-electron chi connectivity index (χ0n) is 14.5. The summed E-state index contributed by atoms with van der Waals surface area (Å²) in [5.74, 6) is 0.400. The molecule has 24 heavy (non-hydrogen) atoms. The number of amides is 1. The number of hydrogen-bond donors (Lipinski definition) is 2. The second-order valence-corrected chi connectivity index (χ2v) is 7.29. The fourth-order valence-corrected chi connectivity index (χ4v) is 3.45. The van der Waals surface area contributed by atoms with Gasteiger partial charge in [-0.05, 0) is 36.8 Å². The van der Waals surface area contributed by atoms with Crippen LogP contribution in [0.25, 0.3) is 0 Å². The zero-order valence-corrected chi connectivity index (χ0v) is 14.5. The lowest BCUT2D eigenvalue weighted by atomic mass is 9.68. The van der Waals surface area contributed by atoms with Gasteiger partial charge >= 0.3 is 6.09 Å². The molecule has 1 atom stereocenters. The molecule has 1 fully saturated rings. The molecule has 1 aliphatic heterocycles. The van der Waals surface area contributed by atoms with Crippen molar-refractivity contribution in [2.75, 3.05) is 18.9 Å². The van der Waals surface area contributed by atoms with E-state index in [1.165, 1.54) is 4.90 Å². The first-order valence-electron chi connectivity index (χ1n) is 8.15. The van der Waals surface area contributed by atoms with Crippen molar-refractivity contribution in [2.45, 2.75) is 45.6 Å². The van der Waals surface area contributed by atoms with Crippen LogP contribution >= 0.6 is 0 Å². The van der Waals surface area contributed by atoms with Crippen molar-refractivity contribution in [1.29, 1.82) is 5.26 Å². The van der Waals surface area contributed by atoms with Crippen LogP contribution in [0.2, 0.25) is 0 Å². The van der Waals surface area contributed by atoms with Crippen LogP contribution in [0.15, 0.2) is 18.2 Å². The van der Waals surface area contributed by atoms with Gasteiger partial charge in [-0.3, -0.25) is 4.90 Å². The largest absolute Gasteiger partial charge is 0.490 e. The number of nitrogens with zero attached hydrogens (tertiary/aromatic N) is 2. The molecule has 1 aromatic carbocycles. The molecule has 3 N–H and O–H groups in total. The smallest absolute Gasteiger partial charge is 0.407 e. The maximum Gasteiger partial charge on any atom is 0.407 e. The Morgan fingerprint density at radius 1 is 1.46 bits per heavy atom. The van der Waals surface area contributed by atoms with E-state index in [1.54, 1.807) is 18.2 Å². The van der Waals surface area contributed by atoms with Gasteiger partial charge in [0, 0.05) is 6.54 Å². The first-order chi connectivity index (χ1) is 11.2. The molecule has 6 nitrogen and oxygen atoms in total. The second kappa shape index (κ2) is 6.60. The van der Waals surface area contributed by atoms with Crippen LogP contribution in [-0.2, 0) is 0 Å². The number of rotatable bonds is 3. The van der Waals surface area contributed by atoms with Gasteiger partial charge < -0.3 is 15.6 Å². The van der Waals surface area contributed by atoms with Crippen LogP contribution in [0.3, 0.4) is 0 Å². The predicted octanol–water partition coefficient (Wildman–Crippen LogP) is 3.47. The first kappa shape index (κ1) is 17.9. The number of piperidine rings is 1. The van der Waals surface area contributed by atoms with Crippen molar-refractivity contribution < 1.29 is 14.6 Å². The lowest BCUT2D eigenvalue weighted by molar-refractivity contribution is -0.0525. The van der Waals surface area contributed by atoms with E-state index in [0.29, 0.717) is 23.5 Å². The third kappa shape index (κ3) is 3.12. The van der Waals surface area contributed by atoms with Gasteiger partial charge in [-0.1, -0.05) is 26.8 Å². The van der Waals surface area contributed by atoms with Crippen LogP contribution in [0.4, 0.5) is 10.5 Å². The number of anilines is 1. The molecule has 0 radical (unpaired) electrons. The van der Waals surface area contributed by atoms with Gasteiger partial charge in [0.25, 0.3) is 0 Å². The maximum atomic E-state index is 11.8. The maximum absolute atomic E-state index is 11.8. The fourth-order valence-electron chi connectivity index (χ4n) is 3.45. The highest BCUT2D eigenvalue weighted by Crippen LogP contribution is 2.43. The molecule has 0 spiro atoms. The third-order valence-corrected chi connectivity index (χ3v) is 5.00. The van der Waals surface area contributed by atoms with Gasteiger partial charge in [0.2, 0.25) is 0 Å². The minimum Gasteiger partial charge on any atom is -0.490 e. The molecule has 1 aromatic rings. The van der Waals surface area contributed by atoms with Crippen molar-refractivity contribution in [3.05, 3.63) is 23.8 Å². The molecule has 6 heteroatoms. The Bertz CT molecular complexity index is 660. The SMILES string of the molecule is CC(C)(C)C1(COc2cccc(N)c2C#N)CCCCN1C(=O)O. The molecule has 1 aliphatic rings. The standard InChI is InChI=1S/C18H25N3O3/c1-17(2,3)18(9-4-5-10-21(18)16(22)23)12-24-15-8-6-7-14(20)13(15)11-19/h6-8H,4-5,9-10,12,20H2,1-3H3,(H,22,23). The molecule has 0 aromatic heterocycles. The number of benzene rings is 1.